The van der Waals surface area contributed by atoms with Crippen LogP contribution < -0.4 is 10.9 Å². The van der Waals surface area contributed by atoms with Crippen molar-refractivity contribution in [1.82, 2.24) is 15.1 Å². The molecule has 1 unspecified atom stereocenters. The predicted octanol–water partition coefficient (Wildman–Crippen LogP) is 1.02. The zero-order valence-electron chi connectivity index (χ0n) is 11.9. The molecule has 128 valence electrons. The molecule has 10 heteroatoms. The summed E-state index contributed by atoms with van der Waals surface area (Å²) in [5.41, 5.74) is -1.39. The molecule has 0 saturated carbocycles. The largest absolute Gasteiger partial charge is 0.416 e. The Balaban J connectivity index is 2.25. The van der Waals surface area contributed by atoms with Crippen molar-refractivity contribution in [2.75, 3.05) is 6.54 Å². The zero-order chi connectivity index (χ0) is 17.9. The fourth-order valence-electron chi connectivity index (χ4n) is 1.78. The van der Waals surface area contributed by atoms with E-state index in [4.69, 9.17) is 5.11 Å². The van der Waals surface area contributed by atoms with Gasteiger partial charge in [0.2, 0.25) is 0 Å². The molecule has 0 aliphatic heterocycles. The molecule has 0 aliphatic rings. The average molecular weight is 345 g/mol. The van der Waals surface area contributed by atoms with Gasteiger partial charge in [0.25, 0.3) is 11.5 Å². The third-order valence-corrected chi connectivity index (χ3v) is 2.98. The molecule has 2 rings (SSSR count). The molecule has 6 nitrogen and oxygen atoms in total. The van der Waals surface area contributed by atoms with Gasteiger partial charge in [0.1, 0.15) is 11.4 Å². The number of rotatable bonds is 4. The Hall–Kier alpha value is -2.75. The minimum absolute atomic E-state index is 0.0463. The molecule has 2 N–H and O–H groups in total. The first-order valence-corrected chi connectivity index (χ1v) is 6.57. The maximum Gasteiger partial charge on any atom is 0.416 e. The van der Waals surface area contributed by atoms with Gasteiger partial charge in [-0.3, -0.25) is 9.59 Å². The molecular weight excluding hydrogens is 334 g/mol. The number of hydrogen-bond acceptors (Lipinski definition) is 4. The molecule has 0 spiro atoms. The monoisotopic (exact) mass is 345 g/mol. The van der Waals surface area contributed by atoms with Crippen LogP contribution in [0, 0.1) is 5.82 Å². The fourth-order valence-corrected chi connectivity index (χ4v) is 1.78. The van der Waals surface area contributed by atoms with Gasteiger partial charge in [0.15, 0.2) is 6.10 Å². The maximum absolute atomic E-state index is 13.2. The standard InChI is InChI=1S/C14H11F4N3O3/c15-8-2-1-3-9(6-8)21-13(24)10(4-5-20-21)12(23)19-7-11(22)14(16,17)18/h1-6,11,22H,7H2,(H,19,23). The van der Waals surface area contributed by atoms with Gasteiger partial charge in [0, 0.05) is 6.20 Å². The number of aromatic nitrogens is 2. The van der Waals surface area contributed by atoms with Gasteiger partial charge in [-0.25, -0.2) is 4.39 Å². The molecule has 1 aromatic carbocycles. The normalized spacial score (nSPS) is 12.7. The van der Waals surface area contributed by atoms with E-state index < -0.39 is 41.7 Å². The molecule has 1 aromatic heterocycles. The Morgan fingerprint density at radius 1 is 1.33 bits per heavy atom. The molecule has 0 radical (unpaired) electrons. The van der Waals surface area contributed by atoms with Gasteiger partial charge in [-0.1, -0.05) is 6.07 Å². The molecule has 1 atom stereocenters. The van der Waals surface area contributed by atoms with Gasteiger partial charge in [-0.05, 0) is 24.3 Å². The summed E-state index contributed by atoms with van der Waals surface area (Å²) in [6.07, 6.45) is -6.58. The summed E-state index contributed by atoms with van der Waals surface area (Å²) in [5, 5.41) is 14.3. The van der Waals surface area contributed by atoms with Crippen molar-refractivity contribution in [2.24, 2.45) is 0 Å². The Bertz CT molecular complexity index is 804. The molecule has 1 amide bonds. The Kier molecular flexibility index (Phi) is 4.98. The quantitative estimate of drug-likeness (QED) is 0.811. The highest BCUT2D eigenvalue weighted by molar-refractivity contribution is 5.93. The highest BCUT2D eigenvalue weighted by Gasteiger charge is 2.38. The maximum atomic E-state index is 13.2. The van der Waals surface area contributed by atoms with Crippen LogP contribution in [0.4, 0.5) is 17.6 Å². The zero-order valence-corrected chi connectivity index (χ0v) is 11.9. The number of halogens is 4. The third kappa shape index (κ3) is 3.96. The van der Waals surface area contributed by atoms with Crippen molar-refractivity contribution in [3.63, 3.8) is 0 Å². The first-order chi connectivity index (χ1) is 11.2. The molecule has 0 bridgehead atoms. The van der Waals surface area contributed by atoms with E-state index in [1.165, 1.54) is 12.1 Å². The Labute approximate surface area is 132 Å². The number of benzene rings is 1. The van der Waals surface area contributed by atoms with E-state index in [9.17, 15) is 27.2 Å². The molecular formula is C14H11F4N3O3. The second kappa shape index (κ2) is 6.79. The van der Waals surface area contributed by atoms with Crippen molar-refractivity contribution in [3.05, 3.63) is 58.3 Å². The number of carbonyl (C=O) groups excluding carboxylic acids is 1. The Morgan fingerprint density at radius 2 is 2.04 bits per heavy atom. The smallest absolute Gasteiger partial charge is 0.382 e. The van der Waals surface area contributed by atoms with Gasteiger partial charge in [-0.2, -0.15) is 23.0 Å². The number of aliphatic hydroxyl groups excluding tert-OH is 1. The minimum Gasteiger partial charge on any atom is -0.382 e. The summed E-state index contributed by atoms with van der Waals surface area (Å²) < 4.78 is 50.5. The lowest BCUT2D eigenvalue weighted by Crippen LogP contribution is -2.42. The average Bonchev–Trinajstić information content (AvgIpc) is 2.51. The number of nitrogens with zero attached hydrogens (tertiary/aromatic N) is 2. The molecule has 24 heavy (non-hydrogen) atoms. The number of aliphatic hydroxyl groups is 1. The molecule has 2 aromatic rings. The topological polar surface area (TPSA) is 84.2 Å². The van der Waals surface area contributed by atoms with Crippen molar-refractivity contribution < 1.29 is 27.5 Å². The lowest BCUT2D eigenvalue weighted by molar-refractivity contribution is -0.201. The van der Waals surface area contributed by atoms with Crippen LogP contribution in [0.5, 0.6) is 0 Å². The van der Waals surface area contributed by atoms with Gasteiger partial charge < -0.3 is 10.4 Å². The first-order valence-electron chi connectivity index (χ1n) is 6.57. The lowest BCUT2D eigenvalue weighted by atomic mass is 10.2. The predicted molar refractivity (Wildman–Crippen MR) is 74.2 cm³/mol. The second-order valence-corrected chi connectivity index (χ2v) is 4.71. The summed E-state index contributed by atoms with van der Waals surface area (Å²) in [7, 11) is 0. The number of nitrogens with one attached hydrogen (secondary N) is 1. The van der Waals surface area contributed by atoms with E-state index in [0.717, 1.165) is 29.1 Å². The van der Waals surface area contributed by atoms with Gasteiger partial charge in [0.05, 0.1) is 12.2 Å². The minimum atomic E-state index is -4.90. The lowest BCUT2D eigenvalue weighted by Gasteiger charge is -2.15. The number of alkyl halides is 3. The summed E-state index contributed by atoms with van der Waals surface area (Å²) >= 11 is 0. The first kappa shape index (κ1) is 17.6. The van der Waals surface area contributed by atoms with Crippen molar-refractivity contribution in [3.8, 4) is 5.69 Å². The van der Waals surface area contributed by atoms with E-state index in [-0.39, 0.29) is 5.69 Å². The van der Waals surface area contributed by atoms with Crippen LogP contribution in [-0.2, 0) is 0 Å². The number of hydrogen-bond donors (Lipinski definition) is 2. The van der Waals surface area contributed by atoms with E-state index in [0.29, 0.717) is 0 Å². The fraction of sp³-hybridized carbons (Fsp3) is 0.214. The summed E-state index contributed by atoms with van der Waals surface area (Å²) in [6.45, 7) is -1.11. The van der Waals surface area contributed by atoms with Gasteiger partial charge in [-0.15, -0.1) is 0 Å². The molecule has 0 fully saturated rings. The van der Waals surface area contributed by atoms with Crippen LogP contribution in [0.2, 0.25) is 0 Å². The van der Waals surface area contributed by atoms with Crippen molar-refractivity contribution >= 4 is 5.91 Å². The second-order valence-electron chi connectivity index (χ2n) is 4.71. The summed E-state index contributed by atoms with van der Waals surface area (Å²) in [4.78, 5) is 24.0. The van der Waals surface area contributed by atoms with Crippen molar-refractivity contribution in [2.45, 2.75) is 12.3 Å². The van der Waals surface area contributed by atoms with Crippen LogP contribution in [0.25, 0.3) is 5.69 Å². The van der Waals surface area contributed by atoms with Gasteiger partial charge >= 0.3 is 6.18 Å². The van der Waals surface area contributed by atoms with Crippen LogP contribution in [0.1, 0.15) is 10.4 Å². The number of carbonyl (C=O) groups is 1. The van der Waals surface area contributed by atoms with E-state index in [2.05, 4.69) is 5.10 Å². The SMILES string of the molecule is O=C(NCC(O)C(F)(F)F)c1ccnn(-c2cccc(F)c2)c1=O. The summed E-state index contributed by atoms with van der Waals surface area (Å²) in [6, 6.07) is 5.85. The molecule has 0 aliphatic carbocycles. The van der Waals surface area contributed by atoms with Crippen LogP contribution in [0.3, 0.4) is 0 Å². The highest BCUT2D eigenvalue weighted by atomic mass is 19.4. The highest BCUT2D eigenvalue weighted by Crippen LogP contribution is 2.19. The number of amides is 1. The van der Waals surface area contributed by atoms with Crippen LogP contribution in [-0.4, -0.2) is 39.6 Å². The van der Waals surface area contributed by atoms with E-state index in [1.807, 2.05) is 5.32 Å². The van der Waals surface area contributed by atoms with Crippen LogP contribution in [0.15, 0.2) is 41.3 Å². The van der Waals surface area contributed by atoms with E-state index >= 15 is 0 Å². The Morgan fingerprint density at radius 3 is 2.67 bits per heavy atom. The summed E-state index contributed by atoms with van der Waals surface area (Å²) in [5.74, 6) is -1.75. The van der Waals surface area contributed by atoms with Crippen molar-refractivity contribution in [1.29, 1.82) is 0 Å². The van der Waals surface area contributed by atoms with Crippen LogP contribution >= 0.6 is 0 Å². The molecule has 1 heterocycles. The third-order valence-electron chi connectivity index (χ3n) is 2.98. The van der Waals surface area contributed by atoms with E-state index in [1.54, 1.807) is 0 Å². The molecule has 0 saturated heterocycles.